The Morgan fingerprint density at radius 1 is 1.29 bits per heavy atom. The predicted molar refractivity (Wildman–Crippen MR) is 63.2 cm³/mol. The number of carbonyl (C=O) groups excluding carboxylic acids is 1. The number of aryl methyl sites for hydroxylation is 1. The molecule has 0 fully saturated rings. The van der Waals surface area contributed by atoms with Crippen LogP contribution in [-0.4, -0.2) is 10.8 Å². The number of nitrogens with zero attached hydrogens (tertiary/aromatic N) is 1. The van der Waals surface area contributed by atoms with Crippen LogP contribution < -0.4 is 5.73 Å². The minimum Gasteiger partial charge on any atom is -0.398 e. The number of halogens is 1. The van der Waals surface area contributed by atoms with Crippen molar-refractivity contribution in [2.75, 3.05) is 5.73 Å². The van der Waals surface area contributed by atoms with Crippen LogP contribution >= 0.6 is 0 Å². The van der Waals surface area contributed by atoms with Gasteiger partial charge in [0.05, 0.1) is 0 Å². The molecule has 0 aliphatic carbocycles. The Morgan fingerprint density at radius 3 is 2.71 bits per heavy atom. The maximum Gasteiger partial charge on any atom is 0.196 e. The highest BCUT2D eigenvalue weighted by Gasteiger charge is 2.13. The van der Waals surface area contributed by atoms with Crippen molar-refractivity contribution >= 4 is 11.5 Å². The number of ketones is 1. The molecule has 0 unspecified atom stereocenters. The van der Waals surface area contributed by atoms with Crippen molar-refractivity contribution in [3.63, 3.8) is 0 Å². The van der Waals surface area contributed by atoms with E-state index in [1.165, 1.54) is 18.3 Å². The largest absolute Gasteiger partial charge is 0.398 e. The summed E-state index contributed by atoms with van der Waals surface area (Å²) in [7, 11) is 0. The van der Waals surface area contributed by atoms with Crippen molar-refractivity contribution in [3.8, 4) is 0 Å². The first-order valence-electron chi connectivity index (χ1n) is 5.10. The van der Waals surface area contributed by atoms with Crippen LogP contribution in [0.15, 0.2) is 36.5 Å². The average Bonchev–Trinajstić information content (AvgIpc) is 2.32. The minimum absolute atomic E-state index is 0.163. The molecule has 0 saturated heterocycles. The highest BCUT2D eigenvalue weighted by atomic mass is 19.1. The molecule has 0 amide bonds. The lowest BCUT2D eigenvalue weighted by atomic mass is 10.0. The highest BCUT2D eigenvalue weighted by Crippen LogP contribution is 2.17. The molecule has 0 bridgehead atoms. The second-order valence-corrected chi connectivity index (χ2v) is 3.75. The van der Waals surface area contributed by atoms with Crippen LogP contribution in [0.3, 0.4) is 0 Å². The monoisotopic (exact) mass is 230 g/mol. The molecule has 0 aliphatic rings. The van der Waals surface area contributed by atoms with Gasteiger partial charge in [0, 0.05) is 28.7 Å². The molecule has 2 aromatic rings. The van der Waals surface area contributed by atoms with Gasteiger partial charge in [-0.15, -0.1) is 0 Å². The molecule has 17 heavy (non-hydrogen) atoms. The summed E-state index contributed by atoms with van der Waals surface area (Å²) in [6.07, 6.45) is 1.46. The number of pyridine rings is 1. The molecule has 0 radical (unpaired) electrons. The number of hydrogen-bond donors (Lipinski definition) is 1. The first-order valence-corrected chi connectivity index (χ1v) is 5.10. The van der Waals surface area contributed by atoms with Gasteiger partial charge < -0.3 is 5.73 Å². The smallest absolute Gasteiger partial charge is 0.196 e. The van der Waals surface area contributed by atoms with E-state index in [-0.39, 0.29) is 17.0 Å². The summed E-state index contributed by atoms with van der Waals surface area (Å²) in [5.74, 6) is -0.808. The molecule has 2 N–H and O–H groups in total. The summed E-state index contributed by atoms with van der Waals surface area (Å²) in [6.45, 7) is 1.82. The lowest BCUT2D eigenvalue weighted by molar-refractivity contribution is 0.103. The van der Waals surface area contributed by atoms with Crippen LogP contribution in [0.4, 0.5) is 10.1 Å². The van der Waals surface area contributed by atoms with Gasteiger partial charge in [0.2, 0.25) is 0 Å². The number of aromatic nitrogens is 1. The van der Waals surface area contributed by atoms with E-state index in [2.05, 4.69) is 4.98 Å². The van der Waals surface area contributed by atoms with Gasteiger partial charge >= 0.3 is 0 Å². The molecule has 86 valence electrons. The summed E-state index contributed by atoms with van der Waals surface area (Å²) in [5, 5.41) is 0. The molecular weight excluding hydrogens is 219 g/mol. The lowest BCUT2D eigenvalue weighted by Crippen LogP contribution is -2.06. The zero-order valence-electron chi connectivity index (χ0n) is 9.27. The minimum atomic E-state index is -0.484. The second-order valence-electron chi connectivity index (χ2n) is 3.75. The van der Waals surface area contributed by atoms with Crippen molar-refractivity contribution < 1.29 is 9.18 Å². The zero-order chi connectivity index (χ0) is 12.4. The van der Waals surface area contributed by atoms with Gasteiger partial charge in [0.15, 0.2) is 5.78 Å². The van der Waals surface area contributed by atoms with Crippen LogP contribution in [-0.2, 0) is 0 Å². The van der Waals surface area contributed by atoms with Crippen molar-refractivity contribution in [3.05, 3.63) is 59.2 Å². The van der Waals surface area contributed by atoms with Gasteiger partial charge in [-0.25, -0.2) is 4.39 Å². The molecule has 0 spiro atoms. The topological polar surface area (TPSA) is 56.0 Å². The highest BCUT2D eigenvalue weighted by molar-refractivity contribution is 6.11. The van der Waals surface area contributed by atoms with Crippen molar-refractivity contribution in [1.82, 2.24) is 4.98 Å². The predicted octanol–water partition coefficient (Wildman–Crippen LogP) is 2.34. The van der Waals surface area contributed by atoms with Crippen LogP contribution in [0, 0.1) is 12.7 Å². The molecule has 1 aromatic heterocycles. The van der Waals surface area contributed by atoms with Gasteiger partial charge in [0.25, 0.3) is 0 Å². The van der Waals surface area contributed by atoms with E-state index in [9.17, 15) is 9.18 Å². The summed E-state index contributed by atoms with van der Waals surface area (Å²) in [5.41, 5.74) is 7.28. The maximum atomic E-state index is 13.1. The number of hydrogen-bond acceptors (Lipinski definition) is 3. The summed E-state index contributed by atoms with van der Waals surface area (Å²) in [4.78, 5) is 16.1. The Morgan fingerprint density at radius 2 is 2.06 bits per heavy atom. The number of anilines is 1. The standard InChI is InChI=1S/C13H11FN2O/c1-8-2-3-9(7-16-8)13(17)11-6-10(14)4-5-12(11)15/h2-7H,15H2,1H3. The molecule has 0 atom stereocenters. The van der Waals surface area contributed by atoms with E-state index in [1.807, 2.05) is 6.92 Å². The Bertz CT molecular complexity index is 564. The number of benzene rings is 1. The van der Waals surface area contributed by atoms with Crippen molar-refractivity contribution in [2.45, 2.75) is 6.92 Å². The third kappa shape index (κ3) is 2.30. The maximum absolute atomic E-state index is 13.1. The fraction of sp³-hybridized carbons (Fsp3) is 0.0769. The summed E-state index contributed by atoms with van der Waals surface area (Å²) in [6, 6.07) is 7.11. The first-order chi connectivity index (χ1) is 8.08. The van der Waals surface area contributed by atoms with E-state index in [1.54, 1.807) is 12.1 Å². The molecule has 2 rings (SSSR count). The van der Waals surface area contributed by atoms with Gasteiger partial charge in [-0.3, -0.25) is 9.78 Å². The zero-order valence-corrected chi connectivity index (χ0v) is 9.27. The fourth-order valence-corrected chi connectivity index (χ4v) is 1.48. The number of carbonyl (C=O) groups is 1. The lowest BCUT2D eigenvalue weighted by Gasteiger charge is -2.05. The number of rotatable bonds is 2. The molecular formula is C13H11FN2O. The van der Waals surface area contributed by atoms with Gasteiger partial charge in [0.1, 0.15) is 5.82 Å². The van der Waals surface area contributed by atoms with Crippen LogP contribution in [0.5, 0.6) is 0 Å². The molecule has 1 heterocycles. The number of nitrogens with two attached hydrogens (primary N) is 1. The van der Waals surface area contributed by atoms with Crippen molar-refractivity contribution in [2.24, 2.45) is 0 Å². The van der Waals surface area contributed by atoms with E-state index < -0.39 is 5.82 Å². The van der Waals surface area contributed by atoms with Gasteiger partial charge in [-0.2, -0.15) is 0 Å². The quantitative estimate of drug-likeness (QED) is 0.636. The third-order valence-electron chi connectivity index (χ3n) is 2.43. The molecule has 0 saturated carbocycles. The normalized spacial score (nSPS) is 10.2. The van der Waals surface area contributed by atoms with Crippen LogP contribution in [0.1, 0.15) is 21.6 Å². The Hall–Kier alpha value is -2.23. The molecule has 3 nitrogen and oxygen atoms in total. The Labute approximate surface area is 98.1 Å². The molecule has 1 aromatic carbocycles. The van der Waals surface area contributed by atoms with E-state index in [0.29, 0.717) is 5.56 Å². The van der Waals surface area contributed by atoms with E-state index >= 15 is 0 Å². The van der Waals surface area contributed by atoms with Crippen molar-refractivity contribution in [1.29, 1.82) is 0 Å². The molecule has 4 heteroatoms. The van der Waals surface area contributed by atoms with Crippen LogP contribution in [0.2, 0.25) is 0 Å². The summed E-state index contributed by atoms with van der Waals surface area (Å²) < 4.78 is 13.1. The Kier molecular flexibility index (Phi) is 2.87. The SMILES string of the molecule is Cc1ccc(C(=O)c2cc(F)ccc2N)cn1. The fourth-order valence-electron chi connectivity index (χ4n) is 1.48. The average molecular weight is 230 g/mol. The third-order valence-corrected chi connectivity index (χ3v) is 2.43. The van der Waals surface area contributed by atoms with Gasteiger partial charge in [-0.05, 0) is 37.3 Å². The number of nitrogen functional groups attached to an aromatic ring is 1. The Balaban J connectivity index is 2.43. The van der Waals surface area contributed by atoms with E-state index in [4.69, 9.17) is 5.73 Å². The first kappa shape index (κ1) is 11.3. The van der Waals surface area contributed by atoms with Crippen LogP contribution in [0.25, 0.3) is 0 Å². The van der Waals surface area contributed by atoms with Gasteiger partial charge in [-0.1, -0.05) is 0 Å². The second kappa shape index (κ2) is 4.33. The van der Waals surface area contributed by atoms with E-state index in [0.717, 1.165) is 11.8 Å². The molecule has 0 aliphatic heterocycles. The summed E-state index contributed by atoms with van der Waals surface area (Å²) >= 11 is 0.